The van der Waals surface area contributed by atoms with Gasteiger partial charge in [-0.1, -0.05) is 6.07 Å². The van der Waals surface area contributed by atoms with Crippen LogP contribution in [0.3, 0.4) is 0 Å². The Balaban J connectivity index is 2.30. The zero-order chi connectivity index (χ0) is 17.7. The van der Waals surface area contributed by atoms with Crippen LogP contribution >= 0.6 is 0 Å². The number of benzene rings is 1. The Labute approximate surface area is 139 Å². The Morgan fingerprint density at radius 2 is 2.12 bits per heavy atom. The average molecular weight is 330 g/mol. The molecule has 1 heterocycles. The first-order valence-corrected chi connectivity index (χ1v) is 7.22. The molecule has 0 unspecified atom stereocenters. The normalized spacial score (nSPS) is 11.6. The number of nitro benzene ring substituents is 1. The maximum Gasteiger partial charge on any atom is 0.293 e. The Morgan fingerprint density at radius 1 is 1.38 bits per heavy atom. The minimum absolute atomic E-state index is 0.169. The number of nitrogens with zero attached hydrogens (tertiary/aromatic N) is 3. The van der Waals surface area contributed by atoms with Gasteiger partial charge in [0.15, 0.2) is 0 Å². The van der Waals surface area contributed by atoms with Crippen LogP contribution in [0.2, 0.25) is 0 Å². The molecule has 1 N–H and O–H groups in total. The van der Waals surface area contributed by atoms with E-state index in [4.69, 9.17) is 4.84 Å². The molecule has 8 heteroatoms. The minimum atomic E-state index is -0.531. The van der Waals surface area contributed by atoms with Gasteiger partial charge < -0.3 is 5.32 Å². The van der Waals surface area contributed by atoms with Gasteiger partial charge in [0.2, 0.25) is 0 Å². The highest BCUT2D eigenvalue weighted by Gasteiger charge is 2.21. The molecular formula is C16H18N4O4. The number of anilines is 1. The number of pyridine rings is 1. The van der Waals surface area contributed by atoms with Gasteiger partial charge in [-0.05, 0) is 31.2 Å². The molecule has 1 amide bonds. The van der Waals surface area contributed by atoms with Crippen molar-refractivity contribution < 1.29 is 14.6 Å². The first-order chi connectivity index (χ1) is 11.4. The van der Waals surface area contributed by atoms with E-state index in [2.05, 4.69) is 10.3 Å². The number of nitrogens with one attached hydrogen (secondary N) is 1. The maximum absolute atomic E-state index is 12.1. The summed E-state index contributed by atoms with van der Waals surface area (Å²) >= 11 is 0. The summed E-state index contributed by atoms with van der Waals surface area (Å²) in [5.74, 6) is -0.468. The van der Waals surface area contributed by atoms with Gasteiger partial charge in [0.1, 0.15) is 5.69 Å². The third-order valence-electron chi connectivity index (χ3n) is 3.50. The second-order valence-electron chi connectivity index (χ2n) is 5.09. The van der Waals surface area contributed by atoms with Gasteiger partial charge in [0.25, 0.3) is 11.6 Å². The molecule has 0 spiro atoms. The summed E-state index contributed by atoms with van der Waals surface area (Å²) in [5, 5.41) is 15.4. The lowest BCUT2D eigenvalue weighted by Gasteiger charge is -2.16. The number of carbonyl (C=O) groups excluding carboxylic acids is 1. The summed E-state index contributed by atoms with van der Waals surface area (Å²) in [4.78, 5) is 31.9. The lowest BCUT2D eigenvalue weighted by Crippen LogP contribution is -2.25. The van der Waals surface area contributed by atoms with Gasteiger partial charge in [0, 0.05) is 24.9 Å². The largest absolute Gasteiger partial charge is 0.371 e. The Bertz CT molecular complexity index is 736. The Kier molecular flexibility index (Phi) is 5.43. The summed E-state index contributed by atoms with van der Waals surface area (Å²) in [7, 11) is 2.78. The molecule has 0 fully saturated rings. The fraction of sp³-hybridized carbons (Fsp3) is 0.250. The van der Waals surface area contributed by atoms with Gasteiger partial charge in [-0.3, -0.25) is 24.7 Å². The van der Waals surface area contributed by atoms with Crippen molar-refractivity contribution in [2.75, 3.05) is 19.5 Å². The number of aromatic nitrogens is 1. The van der Waals surface area contributed by atoms with Gasteiger partial charge in [-0.2, -0.15) is 0 Å². The smallest absolute Gasteiger partial charge is 0.293 e. The monoisotopic (exact) mass is 330 g/mol. The van der Waals surface area contributed by atoms with Crippen molar-refractivity contribution in [3.05, 3.63) is 64.0 Å². The van der Waals surface area contributed by atoms with Gasteiger partial charge in [-0.15, -0.1) is 0 Å². The molecule has 0 saturated heterocycles. The third-order valence-corrected chi connectivity index (χ3v) is 3.50. The van der Waals surface area contributed by atoms with Gasteiger partial charge >= 0.3 is 0 Å². The number of hydrogen-bond acceptors (Lipinski definition) is 6. The molecule has 8 nitrogen and oxygen atoms in total. The zero-order valence-electron chi connectivity index (χ0n) is 13.6. The fourth-order valence-electron chi connectivity index (χ4n) is 2.14. The highest BCUT2D eigenvalue weighted by atomic mass is 16.7. The fourth-order valence-corrected chi connectivity index (χ4v) is 2.14. The number of hydroxylamine groups is 2. The number of carbonyl (C=O) groups is 1. The summed E-state index contributed by atoms with van der Waals surface area (Å²) in [5.41, 5.74) is 1.05. The van der Waals surface area contributed by atoms with Crippen LogP contribution in [0.5, 0.6) is 0 Å². The second kappa shape index (κ2) is 7.51. The molecule has 0 radical (unpaired) electrons. The third kappa shape index (κ3) is 3.85. The molecule has 1 aromatic carbocycles. The van der Waals surface area contributed by atoms with Crippen LogP contribution < -0.4 is 5.32 Å². The van der Waals surface area contributed by atoms with Crippen LogP contribution in [0.1, 0.15) is 29.0 Å². The maximum atomic E-state index is 12.1. The first-order valence-electron chi connectivity index (χ1n) is 7.22. The van der Waals surface area contributed by atoms with Crippen molar-refractivity contribution in [2.24, 2.45) is 0 Å². The molecule has 24 heavy (non-hydrogen) atoms. The lowest BCUT2D eigenvalue weighted by molar-refractivity contribution is -0.384. The van der Waals surface area contributed by atoms with E-state index in [1.807, 2.05) is 19.1 Å². The Morgan fingerprint density at radius 3 is 2.71 bits per heavy atom. The van der Waals surface area contributed by atoms with E-state index in [9.17, 15) is 14.9 Å². The van der Waals surface area contributed by atoms with E-state index in [0.29, 0.717) is 5.69 Å². The molecule has 0 aliphatic heterocycles. The summed E-state index contributed by atoms with van der Waals surface area (Å²) in [6, 6.07) is 9.49. The Hall–Kier alpha value is -3.00. The van der Waals surface area contributed by atoms with Gasteiger partial charge in [-0.25, -0.2) is 5.06 Å². The average Bonchev–Trinajstić information content (AvgIpc) is 2.61. The number of nitro groups is 1. The predicted molar refractivity (Wildman–Crippen MR) is 88.5 cm³/mol. The standard InChI is InChI=1S/C16H18N4O4/c1-11(13-6-4-5-9-17-13)18-14-8-7-12(10-15(14)20(22)23)16(21)19(2)24-3/h4-11,18H,1-3H3/t11-/m0/s1. The van der Waals surface area contributed by atoms with Crippen molar-refractivity contribution in [3.8, 4) is 0 Å². The van der Waals surface area contributed by atoms with E-state index < -0.39 is 10.8 Å². The molecule has 0 bridgehead atoms. The molecule has 1 aromatic heterocycles. The molecule has 0 aliphatic carbocycles. The molecule has 126 valence electrons. The summed E-state index contributed by atoms with van der Waals surface area (Å²) in [6.45, 7) is 1.85. The van der Waals surface area contributed by atoms with Crippen molar-refractivity contribution in [3.63, 3.8) is 0 Å². The van der Waals surface area contributed by atoms with Crippen molar-refractivity contribution >= 4 is 17.3 Å². The summed E-state index contributed by atoms with van der Waals surface area (Å²) in [6.07, 6.45) is 1.66. The van der Waals surface area contributed by atoms with E-state index in [0.717, 1.165) is 10.8 Å². The van der Waals surface area contributed by atoms with Crippen LogP contribution in [-0.4, -0.2) is 35.0 Å². The van der Waals surface area contributed by atoms with E-state index in [1.54, 1.807) is 12.3 Å². The van der Waals surface area contributed by atoms with Crippen LogP contribution in [0.15, 0.2) is 42.6 Å². The molecule has 0 saturated carbocycles. The van der Waals surface area contributed by atoms with Crippen molar-refractivity contribution in [1.29, 1.82) is 0 Å². The molecular weight excluding hydrogens is 312 g/mol. The number of rotatable bonds is 6. The van der Waals surface area contributed by atoms with Gasteiger partial charge in [0.05, 0.1) is 23.8 Å². The zero-order valence-corrected chi connectivity index (χ0v) is 13.6. The van der Waals surface area contributed by atoms with Crippen molar-refractivity contribution in [1.82, 2.24) is 10.0 Å². The minimum Gasteiger partial charge on any atom is -0.371 e. The quantitative estimate of drug-likeness (QED) is 0.646. The van der Waals surface area contributed by atoms with E-state index >= 15 is 0 Å². The summed E-state index contributed by atoms with van der Waals surface area (Å²) < 4.78 is 0. The molecule has 0 aliphatic rings. The van der Waals surface area contributed by atoms with Crippen LogP contribution in [0.4, 0.5) is 11.4 Å². The van der Waals surface area contributed by atoms with Crippen LogP contribution in [0.25, 0.3) is 0 Å². The topological polar surface area (TPSA) is 97.6 Å². The molecule has 2 rings (SSSR count). The van der Waals surface area contributed by atoms with E-state index in [1.165, 1.54) is 32.4 Å². The predicted octanol–water partition coefficient (Wildman–Crippen LogP) is 2.80. The number of hydrogen-bond donors (Lipinski definition) is 1. The van der Waals surface area contributed by atoms with Crippen molar-refractivity contribution in [2.45, 2.75) is 13.0 Å². The molecule has 1 atom stereocenters. The number of amides is 1. The van der Waals surface area contributed by atoms with Crippen LogP contribution in [0, 0.1) is 10.1 Å². The second-order valence-corrected chi connectivity index (χ2v) is 5.09. The van der Waals surface area contributed by atoms with E-state index in [-0.39, 0.29) is 17.3 Å². The SMILES string of the molecule is CON(C)C(=O)c1ccc(N[C@@H](C)c2ccccn2)c([N+](=O)[O-])c1. The highest BCUT2D eigenvalue weighted by Crippen LogP contribution is 2.29. The lowest BCUT2D eigenvalue weighted by atomic mass is 10.1. The highest BCUT2D eigenvalue weighted by molar-refractivity contribution is 5.95. The molecule has 2 aromatic rings. The van der Waals surface area contributed by atoms with Crippen LogP contribution in [-0.2, 0) is 4.84 Å². The first kappa shape index (κ1) is 17.4.